The van der Waals surface area contributed by atoms with Crippen molar-refractivity contribution in [1.29, 1.82) is 0 Å². The van der Waals surface area contributed by atoms with Gasteiger partial charge in [0.15, 0.2) is 0 Å². The Labute approximate surface area is 342 Å². The zero-order valence-corrected chi connectivity index (χ0v) is 32.6. The molecular formula is C56H45NO. The molecule has 0 aliphatic heterocycles. The molecule has 0 amide bonds. The van der Waals surface area contributed by atoms with Crippen LogP contribution >= 0.6 is 0 Å². The van der Waals surface area contributed by atoms with Gasteiger partial charge < -0.3 is 9.32 Å². The lowest BCUT2D eigenvalue weighted by Gasteiger charge is -2.28. The molecule has 0 fully saturated rings. The molecule has 1 aromatic heterocycles. The normalized spacial score (nSPS) is 12.0. The fourth-order valence-corrected chi connectivity index (χ4v) is 6.95. The van der Waals surface area contributed by atoms with Gasteiger partial charge in [0, 0.05) is 27.9 Å². The fraction of sp³-hybridized carbons (Fsp3) is 0. The van der Waals surface area contributed by atoms with Gasteiger partial charge in [0.25, 0.3) is 0 Å². The van der Waals surface area contributed by atoms with Crippen LogP contribution in [0.3, 0.4) is 0 Å². The van der Waals surface area contributed by atoms with E-state index in [0.29, 0.717) is 0 Å². The molecule has 1 heterocycles. The molecule has 2 nitrogen and oxygen atoms in total. The number of rotatable bonds is 15. The smallest absolute Gasteiger partial charge is 0.136 e. The number of hydrogen-bond acceptors (Lipinski definition) is 2. The molecule has 0 saturated carbocycles. The average Bonchev–Trinajstić information content (AvgIpc) is 3.68. The minimum Gasteiger partial charge on any atom is -0.456 e. The van der Waals surface area contributed by atoms with Crippen molar-refractivity contribution in [1.82, 2.24) is 0 Å². The summed E-state index contributed by atoms with van der Waals surface area (Å²) in [6.45, 7) is 20.3. The maximum absolute atomic E-state index is 6.60. The van der Waals surface area contributed by atoms with Gasteiger partial charge in [0.1, 0.15) is 11.3 Å². The summed E-state index contributed by atoms with van der Waals surface area (Å²) in [5, 5.41) is 3.37. The van der Waals surface area contributed by atoms with Gasteiger partial charge in [0.05, 0.1) is 5.69 Å². The topological polar surface area (TPSA) is 16.4 Å². The molecule has 0 aliphatic carbocycles. The van der Waals surface area contributed by atoms with E-state index in [-0.39, 0.29) is 0 Å². The van der Waals surface area contributed by atoms with Crippen LogP contribution in [0.1, 0.15) is 33.6 Å². The van der Waals surface area contributed by atoms with Crippen LogP contribution in [-0.4, -0.2) is 0 Å². The molecule has 0 spiro atoms. The second-order valence-corrected chi connectivity index (χ2v) is 13.7. The summed E-state index contributed by atoms with van der Waals surface area (Å²) in [5.74, 6) is 0.774. The predicted molar refractivity (Wildman–Crippen MR) is 253 cm³/mol. The molecule has 0 radical (unpaired) electrons. The van der Waals surface area contributed by atoms with Gasteiger partial charge >= 0.3 is 0 Å². The molecule has 0 unspecified atom stereocenters. The van der Waals surface area contributed by atoms with Crippen LogP contribution < -0.4 is 4.90 Å². The van der Waals surface area contributed by atoms with Crippen molar-refractivity contribution in [2.45, 2.75) is 0 Å². The molecule has 7 rings (SSSR count). The van der Waals surface area contributed by atoms with Crippen molar-refractivity contribution in [2.24, 2.45) is 0 Å². The average molecular weight is 748 g/mol. The van der Waals surface area contributed by atoms with Crippen LogP contribution in [-0.2, 0) is 0 Å². The summed E-state index contributed by atoms with van der Waals surface area (Å²) in [5.41, 5.74) is 11.8. The molecule has 0 atom stereocenters. The minimum absolute atomic E-state index is 0.774. The summed E-state index contributed by atoms with van der Waals surface area (Å²) in [6, 6.07) is 48.5. The fourth-order valence-electron chi connectivity index (χ4n) is 6.95. The van der Waals surface area contributed by atoms with Crippen molar-refractivity contribution >= 4 is 68.2 Å². The third-order valence-electron chi connectivity index (χ3n) is 9.91. The Hall–Kier alpha value is -7.68. The minimum atomic E-state index is 0.774. The Morgan fingerprint density at radius 2 is 1.14 bits per heavy atom. The second-order valence-electron chi connectivity index (χ2n) is 13.7. The first-order valence-electron chi connectivity index (χ1n) is 19.2. The number of allylic oxidation sites excluding steroid dienone is 11. The van der Waals surface area contributed by atoms with Gasteiger partial charge in [-0.15, -0.1) is 0 Å². The summed E-state index contributed by atoms with van der Waals surface area (Å²) in [6.07, 6.45) is 23.5. The summed E-state index contributed by atoms with van der Waals surface area (Å²) in [7, 11) is 0. The van der Waals surface area contributed by atoms with Gasteiger partial charge in [-0.2, -0.15) is 0 Å². The molecule has 2 heteroatoms. The first kappa shape index (κ1) is 38.6. The lowest BCUT2D eigenvalue weighted by molar-refractivity contribution is 0.601. The Kier molecular flexibility index (Phi) is 12.2. The zero-order chi connectivity index (χ0) is 40.3. The summed E-state index contributed by atoms with van der Waals surface area (Å²) >= 11 is 0. The van der Waals surface area contributed by atoms with Crippen molar-refractivity contribution in [3.8, 4) is 0 Å². The highest BCUT2D eigenvalue weighted by molar-refractivity contribution is 5.99. The standard InChI is InChI=1S/C56H45NO/c1-6-9-10-11-22-43-30-34-49(35-31-43)57(50-36-32-44(33-37-50)23-13-12-21-41(4)42(5)51-27-17-16-24-45(51)8-3)54-29-19-18-28-52(54)53(20-7-2)56-40-48-38-46-25-14-15-26-47(46)39-55(48)58-56/h6-40H,1-5H2/b10-9-,21-12-,22-11+,23-13+,53-20-. The highest BCUT2D eigenvalue weighted by atomic mass is 16.3. The van der Waals surface area contributed by atoms with E-state index in [2.05, 4.69) is 165 Å². The molecule has 58 heavy (non-hydrogen) atoms. The SMILES string of the molecule is C=C/C=C\C=C\c1ccc(N(c2ccc(/C=C/C=C\C(=C)C(=C)c3ccccc3C=C)cc2)c2ccccc2/C(=C/C=C)c2cc3cc4ccccc4cc3o2)cc1. The predicted octanol–water partition coefficient (Wildman–Crippen LogP) is 15.9. The molecule has 0 aliphatic rings. The van der Waals surface area contributed by atoms with E-state index >= 15 is 0 Å². The maximum atomic E-state index is 6.60. The Morgan fingerprint density at radius 1 is 0.534 bits per heavy atom. The molecule has 0 N–H and O–H groups in total. The van der Waals surface area contributed by atoms with E-state index in [1.54, 1.807) is 6.08 Å². The Morgan fingerprint density at radius 3 is 1.79 bits per heavy atom. The Bertz CT molecular complexity index is 2740. The molecule has 7 aromatic rings. The van der Waals surface area contributed by atoms with Gasteiger partial charge in [-0.25, -0.2) is 0 Å². The van der Waals surface area contributed by atoms with Gasteiger partial charge in [-0.05, 0) is 92.7 Å². The number of nitrogens with zero attached hydrogens (tertiary/aromatic N) is 1. The monoisotopic (exact) mass is 747 g/mol. The highest BCUT2D eigenvalue weighted by Gasteiger charge is 2.21. The van der Waals surface area contributed by atoms with E-state index in [9.17, 15) is 0 Å². The molecule has 0 bridgehead atoms. The number of anilines is 3. The number of furan rings is 1. The van der Waals surface area contributed by atoms with Crippen LogP contribution in [0.5, 0.6) is 0 Å². The maximum Gasteiger partial charge on any atom is 0.136 e. The molecule has 0 saturated heterocycles. The van der Waals surface area contributed by atoms with Crippen molar-refractivity contribution in [3.63, 3.8) is 0 Å². The lowest BCUT2D eigenvalue weighted by atomic mass is 9.95. The van der Waals surface area contributed by atoms with E-state index < -0.39 is 0 Å². The lowest BCUT2D eigenvalue weighted by Crippen LogP contribution is -2.12. The first-order chi connectivity index (χ1) is 28.5. The van der Waals surface area contributed by atoms with Crippen LogP contribution in [0.15, 0.2) is 237 Å². The van der Waals surface area contributed by atoms with E-state index in [4.69, 9.17) is 4.42 Å². The van der Waals surface area contributed by atoms with Crippen molar-refractivity contribution < 1.29 is 4.42 Å². The summed E-state index contributed by atoms with van der Waals surface area (Å²) in [4.78, 5) is 2.29. The number of benzene rings is 6. The van der Waals surface area contributed by atoms with E-state index in [1.165, 1.54) is 5.39 Å². The number of hydrogen-bond donors (Lipinski definition) is 0. The summed E-state index contributed by atoms with van der Waals surface area (Å²) < 4.78 is 6.60. The number of fused-ring (bicyclic) bond motifs is 2. The molecule has 6 aromatic carbocycles. The van der Waals surface area contributed by atoms with Crippen LogP contribution in [0.4, 0.5) is 17.1 Å². The van der Waals surface area contributed by atoms with Gasteiger partial charge in [-0.3, -0.25) is 0 Å². The second kappa shape index (κ2) is 18.3. The van der Waals surface area contributed by atoms with Crippen molar-refractivity contribution in [3.05, 3.63) is 266 Å². The quantitative estimate of drug-likeness (QED) is 0.0971. The van der Waals surface area contributed by atoms with E-state index in [1.807, 2.05) is 78.9 Å². The number of para-hydroxylation sites is 1. The highest BCUT2D eigenvalue weighted by Crippen LogP contribution is 2.42. The Balaban J connectivity index is 1.23. The third-order valence-corrected chi connectivity index (χ3v) is 9.91. The van der Waals surface area contributed by atoms with Crippen LogP contribution in [0.25, 0.3) is 51.1 Å². The van der Waals surface area contributed by atoms with Gasteiger partial charge in [-0.1, -0.05) is 197 Å². The van der Waals surface area contributed by atoms with Gasteiger partial charge in [0.2, 0.25) is 0 Å². The zero-order valence-electron chi connectivity index (χ0n) is 32.6. The van der Waals surface area contributed by atoms with Crippen molar-refractivity contribution in [2.75, 3.05) is 4.90 Å². The molecule has 280 valence electrons. The van der Waals surface area contributed by atoms with Crippen LogP contribution in [0.2, 0.25) is 0 Å². The molecular weight excluding hydrogens is 703 g/mol. The first-order valence-corrected chi connectivity index (χ1v) is 19.2. The third kappa shape index (κ3) is 8.73. The van der Waals surface area contributed by atoms with E-state index in [0.717, 1.165) is 83.7 Å². The van der Waals surface area contributed by atoms with Crippen LogP contribution in [0, 0.1) is 0 Å². The largest absolute Gasteiger partial charge is 0.456 e.